The van der Waals surface area contributed by atoms with Crippen LogP contribution in [0.5, 0.6) is 5.75 Å². The molecule has 0 aliphatic heterocycles. The molecule has 0 aliphatic carbocycles. The predicted octanol–water partition coefficient (Wildman–Crippen LogP) is 2.98. The van der Waals surface area contributed by atoms with Gasteiger partial charge >= 0.3 is 0 Å². The monoisotopic (exact) mass is 225 g/mol. The molecule has 90 valence electrons. The summed E-state index contributed by atoms with van der Waals surface area (Å²) in [6, 6.07) is 6.58. The van der Waals surface area contributed by atoms with Crippen molar-refractivity contribution >= 4 is 0 Å². The lowest BCUT2D eigenvalue weighted by molar-refractivity contribution is 0.290. The molecule has 1 rings (SSSR count). The standard InChI is InChI=1S/C13H20FNO/c1-3-9-15-11(2)8-10-16-13-6-4-12(14)5-7-13/h4-7,11,15H,3,8-10H2,1-2H3. The summed E-state index contributed by atoms with van der Waals surface area (Å²) in [4.78, 5) is 0. The number of benzene rings is 1. The third-order valence-electron chi connectivity index (χ3n) is 2.38. The lowest BCUT2D eigenvalue weighted by Gasteiger charge is -2.13. The molecule has 1 atom stereocenters. The quantitative estimate of drug-likeness (QED) is 0.770. The van der Waals surface area contributed by atoms with Gasteiger partial charge in [-0.1, -0.05) is 6.92 Å². The van der Waals surface area contributed by atoms with E-state index in [0.717, 1.165) is 25.1 Å². The van der Waals surface area contributed by atoms with E-state index in [0.29, 0.717) is 12.6 Å². The fraction of sp³-hybridized carbons (Fsp3) is 0.538. The van der Waals surface area contributed by atoms with Gasteiger partial charge in [0.25, 0.3) is 0 Å². The van der Waals surface area contributed by atoms with Gasteiger partial charge in [0, 0.05) is 6.04 Å². The smallest absolute Gasteiger partial charge is 0.123 e. The molecule has 0 radical (unpaired) electrons. The first-order valence-corrected chi connectivity index (χ1v) is 5.84. The second kappa shape index (κ2) is 7.23. The Hall–Kier alpha value is -1.09. The van der Waals surface area contributed by atoms with Crippen LogP contribution in [-0.4, -0.2) is 19.2 Å². The molecular weight excluding hydrogens is 205 g/mol. The molecule has 3 heteroatoms. The maximum Gasteiger partial charge on any atom is 0.123 e. The Balaban J connectivity index is 2.17. The summed E-state index contributed by atoms with van der Waals surface area (Å²) >= 11 is 0. The minimum absolute atomic E-state index is 0.231. The van der Waals surface area contributed by atoms with E-state index in [1.807, 2.05) is 0 Å². The van der Waals surface area contributed by atoms with Gasteiger partial charge in [0.1, 0.15) is 11.6 Å². The fourth-order valence-electron chi connectivity index (χ4n) is 1.38. The average molecular weight is 225 g/mol. The number of hydrogen-bond acceptors (Lipinski definition) is 2. The van der Waals surface area contributed by atoms with Crippen LogP contribution in [0.2, 0.25) is 0 Å². The van der Waals surface area contributed by atoms with Gasteiger partial charge in [0.05, 0.1) is 6.61 Å². The van der Waals surface area contributed by atoms with E-state index in [1.54, 1.807) is 12.1 Å². The van der Waals surface area contributed by atoms with Crippen molar-refractivity contribution < 1.29 is 9.13 Å². The molecule has 16 heavy (non-hydrogen) atoms. The van der Waals surface area contributed by atoms with Crippen molar-refractivity contribution in [3.8, 4) is 5.75 Å². The van der Waals surface area contributed by atoms with Gasteiger partial charge in [-0.15, -0.1) is 0 Å². The van der Waals surface area contributed by atoms with Crippen LogP contribution in [0.25, 0.3) is 0 Å². The summed E-state index contributed by atoms with van der Waals surface area (Å²) in [5, 5.41) is 3.39. The zero-order valence-corrected chi connectivity index (χ0v) is 10.0. The topological polar surface area (TPSA) is 21.3 Å². The van der Waals surface area contributed by atoms with Crippen LogP contribution in [0.4, 0.5) is 4.39 Å². The molecule has 1 N–H and O–H groups in total. The van der Waals surface area contributed by atoms with Crippen LogP contribution in [0.15, 0.2) is 24.3 Å². The Bertz CT molecular complexity index is 286. The van der Waals surface area contributed by atoms with Crippen LogP contribution in [0.3, 0.4) is 0 Å². The molecule has 0 spiro atoms. The van der Waals surface area contributed by atoms with Gasteiger partial charge in [0.2, 0.25) is 0 Å². The molecular formula is C13H20FNO. The summed E-state index contributed by atoms with van der Waals surface area (Å²) in [5.41, 5.74) is 0. The Morgan fingerprint density at radius 3 is 2.62 bits per heavy atom. The van der Waals surface area contributed by atoms with Crippen LogP contribution >= 0.6 is 0 Å². The fourth-order valence-corrected chi connectivity index (χ4v) is 1.38. The largest absolute Gasteiger partial charge is 0.494 e. The summed E-state index contributed by atoms with van der Waals surface area (Å²) in [5.74, 6) is 0.495. The lowest BCUT2D eigenvalue weighted by Crippen LogP contribution is -2.28. The summed E-state index contributed by atoms with van der Waals surface area (Å²) in [6.45, 7) is 5.99. The molecule has 0 aliphatic rings. The highest BCUT2D eigenvalue weighted by atomic mass is 19.1. The zero-order chi connectivity index (χ0) is 11.8. The third kappa shape index (κ3) is 5.12. The van der Waals surface area contributed by atoms with Crippen molar-refractivity contribution in [1.82, 2.24) is 5.32 Å². The van der Waals surface area contributed by atoms with Gasteiger partial charge in [-0.05, 0) is 50.6 Å². The maximum atomic E-state index is 12.6. The molecule has 1 unspecified atom stereocenters. The van der Waals surface area contributed by atoms with Crippen molar-refractivity contribution in [2.45, 2.75) is 32.7 Å². The second-order valence-corrected chi connectivity index (χ2v) is 3.95. The summed E-state index contributed by atoms with van der Waals surface area (Å²) < 4.78 is 18.1. The first kappa shape index (κ1) is 13.0. The zero-order valence-electron chi connectivity index (χ0n) is 10.0. The van der Waals surface area contributed by atoms with Gasteiger partial charge in [-0.25, -0.2) is 4.39 Å². The Morgan fingerprint density at radius 1 is 1.31 bits per heavy atom. The molecule has 1 aromatic rings. The highest BCUT2D eigenvalue weighted by molar-refractivity contribution is 5.21. The van der Waals surface area contributed by atoms with Crippen LogP contribution in [0, 0.1) is 5.82 Å². The average Bonchev–Trinajstić information content (AvgIpc) is 2.29. The first-order valence-electron chi connectivity index (χ1n) is 5.84. The van der Waals surface area contributed by atoms with E-state index in [-0.39, 0.29) is 5.82 Å². The van der Waals surface area contributed by atoms with Crippen LogP contribution < -0.4 is 10.1 Å². The Labute approximate surface area is 96.8 Å². The molecule has 0 amide bonds. The van der Waals surface area contributed by atoms with E-state index in [4.69, 9.17) is 4.74 Å². The summed E-state index contributed by atoms with van der Waals surface area (Å²) in [6.07, 6.45) is 2.10. The number of rotatable bonds is 7. The highest BCUT2D eigenvalue weighted by Gasteiger charge is 2.00. The number of ether oxygens (including phenoxy) is 1. The third-order valence-corrected chi connectivity index (χ3v) is 2.38. The number of nitrogens with one attached hydrogen (secondary N) is 1. The normalized spacial score (nSPS) is 12.4. The van der Waals surface area contributed by atoms with Crippen molar-refractivity contribution in [1.29, 1.82) is 0 Å². The SMILES string of the molecule is CCCNC(C)CCOc1ccc(F)cc1. The minimum atomic E-state index is -0.231. The molecule has 0 aromatic heterocycles. The second-order valence-electron chi connectivity index (χ2n) is 3.95. The van der Waals surface area contributed by atoms with Crippen molar-refractivity contribution in [2.24, 2.45) is 0 Å². The van der Waals surface area contributed by atoms with Crippen molar-refractivity contribution in [3.63, 3.8) is 0 Å². The first-order chi connectivity index (χ1) is 7.72. The van der Waals surface area contributed by atoms with E-state index in [9.17, 15) is 4.39 Å². The van der Waals surface area contributed by atoms with Gasteiger partial charge < -0.3 is 10.1 Å². The Morgan fingerprint density at radius 2 is 2.00 bits per heavy atom. The van der Waals surface area contributed by atoms with Gasteiger partial charge in [-0.2, -0.15) is 0 Å². The lowest BCUT2D eigenvalue weighted by atomic mass is 10.2. The molecule has 0 saturated heterocycles. The van der Waals surface area contributed by atoms with Crippen LogP contribution in [0.1, 0.15) is 26.7 Å². The van der Waals surface area contributed by atoms with E-state index in [1.165, 1.54) is 12.1 Å². The molecule has 0 heterocycles. The highest BCUT2D eigenvalue weighted by Crippen LogP contribution is 2.11. The molecule has 0 saturated carbocycles. The molecule has 1 aromatic carbocycles. The molecule has 0 bridgehead atoms. The van der Waals surface area contributed by atoms with E-state index >= 15 is 0 Å². The Kier molecular flexibility index (Phi) is 5.86. The van der Waals surface area contributed by atoms with Crippen molar-refractivity contribution in [2.75, 3.05) is 13.2 Å². The number of hydrogen-bond donors (Lipinski definition) is 1. The molecule has 2 nitrogen and oxygen atoms in total. The van der Waals surface area contributed by atoms with E-state index in [2.05, 4.69) is 19.2 Å². The van der Waals surface area contributed by atoms with Gasteiger partial charge in [-0.3, -0.25) is 0 Å². The predicted molar refractivity (Wildman–Crippen MR) is 64.3 cm³/mol. The maximum absolute atomic E-state index is 12.6. The van der Waals surface area contributed by atoms with Gasteiger partial charge in [0.15, 0.2) is 0 Å². The van der Waals surface area contributed by atoms with Crippen LogP contribution in [-0.2, 0) is 0 Å². The molecule has 0 fully saturated rings. The van der Waals surface area contributed by atoms with E-state index < -0.39 is 0 Å². The minimum Gasteiger partial charge on any atom is -0.494 e. The summed E-state index contributed by atoms with van der Waals surface area (Å²) in [7, 11) is 0. The number of halogens is 1. The van der Waals surface area contributed by atoms with Crippen molar-refractivity contribution in [3.05, 3.63) is 30.1 Å².